The first-order chi connectivity index (χ1) is 7.06. The topological polar surface area (TPSA) is 54.2 Å². The van der Waals surface area contributed by atoms with E-state index in [-0.39, 0.29) is 6.61 Å². The molecule has 15 heavy (non-hydrogen) atoms. The summed E-state index contributed by atoms with van der Waals surface area (Å²) in [5.74, 6) is 0.337. The van der Waals surface area contributed by atoms with Gasteiger partial charge in [0.05, 0.1) is 18.8 Å². The highest BCUT2D eigenvalue weighted by Crippen LogP contribution is 2.17. The molecule has 0 amide bonds. The van der Waals surface area contributed by atoms with E-state index in [0.29, 0.717) is 11.6 Å². The van der Waals surface area contributed by atoms with E-state index in [2.05, 4.69) is 29.1 Å². The predicted octanol–water partition coefficient (Wildman–Crippen LogP) is 0.455. The maximum absolute atomic E-state index is 9.13. The largest absolute Gasteiger partial charge is 0.390 e. The average Bonchev–Trinajstić information content (AvgIpc) is 2.57. The van der Waals surface area contributed by atoms with E-state index in [1.807, 2.05) is 18.8 Å². The van der Waals surface area contributed by atoms with Crippen molar-refractivity contribution in [1.29, 1.82) is 0 Å². The molecule has 1 N–H and O–H groups in total. The highest BCUT2D eigenvalue weighted by molar-refractivity contribution is 5.13. The Labute approximate surface area is 90.7 Å². The summed E-state index contributed by atoms with van der Waals surface area (Å²) in [5, 5.41) is 17.2. The Morgan fingerprint density at radius 3 is 2.53 bits per heavy atom. The smallest absolute Gasteiger partial charge is 0.112 e. The summed E-state index contributed by atoms with van der Waals surface area (Å²) in [4.78, 5) is 2.10. The van der Waals surface area contributed by atoms with E-state index in [1.54, 1.807) is 0 Å². The van der Waals surface area contributed by atoms with Crippen LogP contribution in [0.5, 0.6) is 0 Å². The van der Waals surface area contributed by atoms with Gasteiger partial charge in [-0.2, -0.15) is 0 Å². The van der Waals surface area contributed by atoms with Crippen LogP contribution in [0, 0.1) is 0 Å². The van der Waals surface area contributed by atoms with Crippen molar-refractivity contribution in [2.24, 2.45) is 0 Å². The molecular formula is C10H20N4O. The molecule has 5 heteroatoms. The highest BCUT2D eigenvalue weighted by atomic mass is 16.3. The lowest BCUT2D eigenvalue weighted by molar-refractivity contribution is 0.274. The SMILES string of the molecule is CC(C)c1c(CO)nnn1CCN(C)C. The van der Waals surface area contributed by atoms with Crippen LogP contribution >= 0.6 is 0 Å². The van der Waals surface area contributed by atoms with E-state index in [9.17, 15) is 0 Å². The van der Waals surface area contributed by atoms with Gasteiger partial charge in [-0.05, 0) is 20.0 Å². The van der Waals surface area contributed by atoms with Crippen molar-refractivity contribution < 1.29 is 5.11 Å². The Bertz CT molecular complexity index is 306. The predicted molar refractivity (Wildman–Crippen MR) is 58.6 cm³/mol. The van der Waals surface area contributed by atoms with Gasteiger partial charge in [0, 0.05) is 6.54 Å². The summed E-state index contributed by atoms with van der Waals surface area (Å²) < 4.78 is 1.89. The van der Waals surface area contributed by atoms with Gasteiger partial charge >= 0.3 is 0 Å². The fourth-order valence-electron chi connectivity index (χ4n) is 1.56. The molecule has 0 fully saturated rings. The van der Waals surface area contributed by atoms with E-state index in [1.165, 1.54) is 0 Å². The van der Waals surface area contributed by atoms with Gasteiger partial charge in [0.2, 0.25) is 0 Å². The molecule has 1 aromatic heterocycles. The molecule has 0 saturated heterocycles. The standard InChI is InChI=1S/C10H20N4O/c1-8(2)10-9(7-15)11-12-14(10)6-5-13(3)4/h8,15H,5-7H2,1-4H3. The Balaban J connectivity index is 2.82. The molecule has 0 spiro atoms. The minimum atomic E-state index is -0.0323. The Kier molecular flexibility index (Phi) is 4.23. The van der Waals surface area contributed by atoms with Crippen molar-refractivity contribution >= 4 is 0 Å². The second-order valence-electron chi connectivity index (χ2n) is 4.26. The van der Waals surface area contributed by atoms with E-state index >= 15 is 0 Å². The quantitative estimate of drug-likeness (QED) is 0.770. The molecule has 86 valence electrons. The van der Waals surface area contributed by atoms with Gasteiger partial charge < -0.3 is 10.0 Å². The van der Waals surface area contributed by atoms with Crippen LogP contribution in [-0.2, 0) is 13.2 Å². The van der Waals surface area contributed by atoms with Gasteiger partial charge in [-0.3, -0.25) is 0 Å². The van der Waals surface area contributed by atoms with Gasteiger partial charge in [0.15, 0.2) is 0 Å². The summed E-state index contributed by atoms with van der Waals surface area (Å²) in [6.07, 6.45) is 0. The van der Waals surface area contributed by atoms with Crippen LogP contribution in [0.25, 0.3) is 0 Å². The third kappa shape index (κ3) is 3.00. The summed E-state index contributed by atoms with van der Waals surface area (Å²) in [5.41, 5.74) is 1.74. The van der Waals surface area contributed by atoms with Gasteiger partial charge in [-0.15, -0.1) is 5.10 Å². The van der Waals surface area contributed by atoms with Crippen LogP contribution in [0.3, 0.4) is 0 Å². The molecule has 0 unspecified atom stereocenters. The summed E-state index contributed by atoms with van der Waals surface area (Å²) in [6, 6.07) is 0. The van der Waals surface area contributed by atoms with Crippen LogP contribution in [0.4, 0.5) is 0 Å². The van der Waals surface area contributed by atoms with Crippen LogP contribution in [0.2, 0.25) is 0 Å². The number of aromatic nitrogens is 3. The molecule has 0 aliphatic rings. The third-order valence-corrected chi connectivity index (χ3v) is 2.30. The fourth-order valence-corrected chi connectivity index (χ4v) is 1.56. The van der Waals surface area contributed by atoms with Crippen molar-refractivity contribution in [3.63, 3.8) is 0 Å². The van der Waals surface area contributed by atoms with Gasteiger partial charge in [0.1, 0.15) is 5.69 Å². The molecule has 5 nitrogen and oxygen atoms in total. The maximum Gasteiger partial charge on any atom is 0.112 e. The number of hydrogen-bond acceptors (Lipinski definition) is 4. The van der Waals surface area contributed by atoms with Gasteiger partial charge in [-0.25, -0.2) is 4.68 Å². The Hall–Kier alpha value is -0.940. The summed E-state index contributed by atoms with van der Waals surface area (Å²) in [7, 11) is 4.05. The van der Waals surface area contributed by atoms with Crippen molar-refractivity contribution in [2.45, 2.75) is 32.9 Å². The molecule has 1 aromatic rings. The minimum absolute atomic E-state index is 0.0323. The molecule has 0 aromatic carbocycles. The normalized spacial score (nSPS) is 11.7. The molecule has 0 aliphatic carbocycles. The van der Waals surface area contributed by atoms with Crippen molar-refractivity contribution in [3.8, 4) is 0 Å². The van der Waals surface area contributed by atoms with Crippen molar-refractivity contribution in [3.05, 3.63) is 11.4 Å². The van der Waals surface area contributed by atoms with Crippen LogP contribution < -0.4 is 0 Å². The molecule has 1 heterocycles. The van der Waals surface area contributed by atoms with Crippen molar-refractivity contribution in [2.75, 3.05) is 20.6 Å². The Morgan fingerprint density at radius 1 is 1.40 bits per heavy atom. The van der Waals surface area contributed by atoms with Gasteiger partial charge in [0.25, 0.3) is 0 Å². The zero-order chi connectivity index (χ0) is 11.4. The molecule has 0 aliphatic heterocycles. The average molecular weight is 212 g/mol. The monoisotopic (exact) mass is 212 g/mol. The zero-order valence-electron chi connectivity index (χ0n) is 9.93. The highest BCUT2D eigenvalue weighted by Gasteiger charge is 2.14. The maximum atomic E-state index is 9.13. The molecule has 0 saturated carbocycles. The second kappa shape index (κ2) is 5.23. The summed E-state index contributed by atoms with van der Waals surface area (Å²) in [6.45, 7) is 5.88. The molecule has 1 rings (SSSR count). The second-order valence-corrected chi connectivity index (χ2v) is 4.26. The van der Waals surface area contributed by atoms with E-state index in [0.717, 1.165) is 18.8 Å². The van der Waals surface area contributed by atoms with Crippen LogP contribution in [0.15, 0.2) is 0 Å². The first-order valence-corrected chi connectivity index (χ1v) is 5.24. The van der Waals surface area contributed by atoms with Gasteiger partial charge in [-0.1, -0.05) is 19.1 Å². The molecule has 0 atom stereocenters. The number of nitrogens with zero attached hydrogens (tertiary/aromatic N) is 4. The summed E-state index contributed by atoms with van der Waals surface area (Å²) >= 11 is 0. The van der Waals surface area contributed by atoms with Crippen LogP contribution in [0.1, 0.15) is 31.2 Å². The number of aliphatic hydroxyl groups excluding tert-OH is 1. The third-order valence-electron chi connectivity index (χ3n) is 2.30. The molecule has 0 radical (unpaired) electrons. The zero-order valence-corrected chi connectivity index (χ0v) is 9.93. The number of hydrogen-bond donors (Lipinski definition) is 1. The van der Waals surface area contributed by atoms with Crippen LogP contribution in [-0.4, -0.2) is 45.6 Å². The number of rotatable bonds is 5. The molecular weight excluding hydrogens is 192 g/mol. The first kappa shape index (κ1) is 12.1. The first-order valence-electron chi connectivity index (χ1n) is 5.24. The number of aliphatic hydroxyl groups is 1. The lowest BCUT2D eigenvalue weighted by Gasteiger charge is -2.13. The lowest BCUT2D eigenvalue weighted by Crippen LogP contribution is -2.20. The fraction of sp³-hybridized carbons (Fsp3) is 0.800. The van der Waals surface area contributed by atoms with E-state index in [4.69, 9.17) is 5.11 Å². The Morgan fingerprint density at radius 2 is 2.07 bits per heavy atom. The van der Waals surface area contributed by atoms with Crippen molar-refractivity contribution in [1.82, 2.24) is 19.9 Å². The molecule has 0 bridgehead atoms. The lowest BCUT2D eigenvalue weighted by atomic mass is 10.1. The minimum Gasteiger partial charge on any atom is -0.390 e. The number of likely N-dealkylation sites (N-methyl/N-ethyl adjacent to an activating group) is 1. The van der Waals surface area contributed by atoms with E-state index < -0.39 is 0 Å².